The highest BCUT2D eigenvalue weighted by molar-refractivity contribution is 7.88. The molecule has 0 amide bonds. The highest BCUT2D eigenvalue weighted by Crippen LogP contribution is 2.36. The summed E-state index contributed by atoms with van der Waals surface area (Å²) in [6.45, 7) is 3.62. The van der Waals surface area contributed by atoms with E-state index >= 15 is 4.39 Å². The molecule has 40 heavy (non-hydrogen) atoms. The van der Waals surface area contributed by atoms with Crippen LogP contribution in [0.4, 0.5) is 23.5 Å². The number of nitrogens with one attached hydrogen (secondary N) is 1. The van der Waals surface area contributed by atoms with E-state index in [1.165, 1.54) is 21.1 Å². The fraction of sp³-hybridized carbons (Fsp3) is 0.480. The van der Waals surface area contributed by atoms with Crippen LogP contribution in [0.1, 0.15) is 29.8 Å². The highest BCUT2D eigenvalue weighted by atomic mass is 32.2. The number of β-amino-alcohol motifs (C(OH)–C–C–N with tert-alkyl or cyclic N) is 1. The zero-order valence-corrected chi connectivity index (χ0v) is 22.7. The molecule has 4 heterocycles. The number of halogens is 4. The molecule has 2 fully saturated rings. The van der Waals surface area contributed by atoms with Gasteiger partial charge in [-0.2, -0.15) is 13.2 Å². The largest absolute Gasteiger partial charge is 0.420 e. The normalized spacial score (nSPS) is 18.2. The molecular weight excluding hydrogens is 554 g/mol. The molecular formula is C25H29F4N7O3S. The molecule has 216 valence electrons. The van der Waals surface area contributed by atoms with Crippen molar-refractivity contribution in [1.29, 1.82) is 0 Å². The average molecular weight is 584 g/mol. The van der Waals surface area contributed by atoms with Crippen molar-refractivity contribution in [2.75, 3.05) is 37.8 Å². The summed E-state index contributed by atoms with van der Waals surface area (Å²) >= 11 is 0. The van der Waals surface area contributed by atoms with E-state index in [1.54, 1.807) is 19.1 Å². The Labute approximate surface area is 228 Å². The van der Waals surface area contributed by atoms with Gasteiger partial charge in [0, 0.05) is 51.2 Å². The number of aliphatic hydroxyl groups excluding tert-OH is 1. The molecule has 3 aromatic rings. The maximum atomic E-state index is 15.1. The number of benzene rings is 1. The van der Waals surface area contributed by atoms with Gasteiger partial charge in [0.2, 0.25) is 16.0 Å². The Bertz CT molecular complexity index is 1500. The number of hydrogen-bond acceptors (Lipinski definition) is 8. The van der Waals surface area contributed by atoms with Crippen molar-refractivity contribution in [3.63, 3.8) is 0 Å². The lowest BCUT2D eigenvalue weighted by molar-refractivity contribution is -0.137. The van der Waals surface area contributed by atoms with Crippen molar-refractivity contribution in [2.24, 2.45) is 0 Å². The van der Waals surface area contributed by atoms with E-state index < -0.39 is 33.3 Å². The van der Waals surface area contributed by atoms with Crippen LogP contribution in [0, 0.1) is 12.7 Å². The van der Waals surface area contributed by atoms with Crippen molar-refractivity contribution in [3.05, 3.63) is 53.4 Å². The number of aryl methyl sites for hydroxylation is 1. The minimum absolute atomic E-state index is 0.0420. The maximum Gasteiger partial charge on any atom is 0.420 e. The number of hydrogen-bond donors (Lipinski definition) is 2. The molecule has 0 unspecified atom stereocenters. The molecule has 0 saturated carbocycles. The summed E-state index contributed by atoms with van der Waals surface area (Å²) in [5.74, 6) is -0.339. The van der Waals surface area contributed by atoms with Crippen LogP contribution in [0.25, 0.3) is 17.1 Å². The minimum atomic E-state index is -4.76. The Morgan fingerprint density at radius 2 is 1.85 bits per heavy atom. The third-order valence-electron chi connectivity index (χ3n) is 7.09. The first-order chi connectivity index (χ1) is 18.8. The van der Waals surface area contributed by atoms with Crippen molar-refractivity contribution < 1.29 is 31.1 Å². The van der Waals surface area contributed by atoms with Crippen LogP contribution in [0.3, 0.4) is 0 Å². The lowest BCUT2D eigenvalue weighted by Gasteiger charge is -2.35. The average Bonchev–Trinajstić information content (AvgIpc) is 3.23. The standard InChI is InChI=1S/C25H29F4N7O3S/c1-15-31-21(14-36(15)22-4-3-16(9-20(22)26)11-34-12-18(37)13-34)23-19(25(27,28)29)10-30-24(33-23)32-17-5-7-35(8-6-17)40(2,38)39/h3-4,9-10,14,17-18,37H,5-8,11-13H2,1-2H3,(H,30,32,33). The van der Waals surface area contributed by atoms with Crippen LogP contribution >= 0.6 is 0 Å². The van der Waals surface area contributed by atoms with Crippen molar-refractivity contribution in [3.8, 4) is 17.1 Å². The van der Waals surface area contributed by atoms with E-state index in [0.29, 0.717) is 44.2 Å². The molecule has 5 rings (SSSR count). The number of alkyl halides is 3. The van der Waals surface area contributed by atoms with Gasteiger partial charge >= 0.3 is 6.18 Å². The number of sulfonamides is 1. The summed E-state index contributed by atoms with van der Waals surface area (Å²) in [5.41, 5.74) is -0.794. The summed E-state index contributed by atoms with van der Waals surface area (Å²) in [5, 5.41) is 12.5. The maximum absolute atomic E-state index is 15.1. The zero-order chi connectivity index (χ0) is 28.8. The summed E-state index contributed by atoms with van der Waals surface area (Å²) in [6, 6.07) is 4.40. The summed E-state index contributed by atoms with van der Waals surface area (Å²) in [4.78, 5) is 14.2. The minimum Gasteiger partial charge on any atom is -0.390 e. The summed E-state index contributed by atoms with van der Waals surface area (Å²) in [6.07, 6.45) is -1.13. The molecule has 0 aliphatic carbocycles. The van der Waals surface area contributed by atoms with Gasteiger partial charge in [0.15, 0.2) is 0 Å². The summed E-state index contributed by atoms with van der Waals surface area (Å²) < 4.78 is 83.0. The van der Waals surface area contributed by atoms with Crippen molar-refractivity contribution in [2.45, 2.75) is 44.6 Å². The monoisotopic (exact) mass is 583 g/mol. The molecule has 0 atom stereocenters. The molecule has 2 aliphatic rings. The molecule has 2 N–H and O–H groups in total. The Morgan fingerprint density at radius 3 is 2.45 bits per heavy atom. The molecule has 2 aromatic heterocycles. The lowest BCUT2D eigenvalue weighted by atomic mass is 10.1. The Hall–Kier alpha value is -3.14. The van der Waals surface area contributed by atoms with E-state index in [0.717, 1.165) is 6.26 Å². The first-order valence-electron chi connectivity index (χ1n) is 12.7. The van der Waals surface area contributed by atoms with Gasteiger partial charge in [-0.1, -0.05) is 6.07 Å². The smallest absolute Gasteiger partial charge is 0.390 e. The highest BCUT2D eigenvalue weighted by Gasteiger charge is 2.37. The second kappa shape index (κ2) is 10.7. The molecule has 0 spiro atoms. The Morgan fingerprint density at radius 1 is 1.15 bits per heavy atom. The predicted molar refractivity (Wildman–Crippen MR) is 139 cm³/mol. The second-order valence-electron chi connectivity index (χ2n) is 10.2. The van der Waals surface area contributed by atoms with Crippen molar-refractivity contribution in [1.82, 2.24) is 28.7 Å². The Balaban J connectivity index is 1.40. The zero-order valence-electron chi connectivity index (χ0n) is 21.9. The SMILES string of the molecule is Cc1nc(-c2nc(NC3CCN(S(C)(=O)=O)CC3)ncc2C(F)(F)F)cn1-c1ccc(CN2CC(O)C2)cc1F. The van der Waals surface area contributed by atoms with E-state index in [2.05, 4.69) is 20.3 Å². The number of likely N-dealkylation sites (tertiary alicyclic amines) is 1. The van der Waals surface area contributed by atoms with Crippen LogP contribution in [0.2, 0.25) is 0 Å². The first-order valence-corrected chi connectivity index (χ1v) is 14.5. The van der Waals surface area contributed by atoms with Crippen LogP contribution in [0.15, 0.2) is 30.6 Å². The fourth-order valence-corrected chi connectivity index (χ4v) is 5.85. The number of nitrogens with zero attached hydrogens (tertiary/aromatic N) is 6. The van der Waals surface area contributed by atoms with Gasteiger partial charge in [-0.15, -0.1) is 0 Å². The van der Waals surface area contributed by atoms with Gasteiger partial charge in [-0.25, -0.2) is 32.1 Å². The third-order valence-corrected chi connectivity index (χ3v) is 8.39. The number of piperidine rings is 1. The number of rotatable bonds is 7. The van der Waals surface area contributed by atoms with Crippen LogP contribution in [-0.2, 0) is 22.7 Å². The van der Waals surface area contributed by atoms with E-state index in [-0.39, 0.29) is 48.4 Å². The van der Waals surface area contributed by atoms with Gasteiger partial charge in [-0.05, 0) is 37.5 Å². The quantitative estimate of drug-likeness (QED) is 0.408. The summed E-state index contributed by atoms with van der Waals surface area (Å²) in [7, 11) is -3.32. The van der Waals surface area contributed by atoms with Gasteiger partial charge in [0.25, 0.3) is 0 Å². The first kappa shape index (κ1) is 28.4. The molecule has 10 nitrogen and oxygen atoms in total. The molecule has 0 radical (unpaired) electrons. The van der Waals surface area contributed by atoms with Crippen LogP contribution < -0.4 is 5.32 Å². The van der Waals surface area contributed by atoms with Crippen LogP contribution in [0.5, 0.6) is 0 Å². The van der Waals surface area contributed by atoms with Gasteiger partial charge in [0.05, 0.1) is 18.0 Å². The van der Waals surface area contributed by atoms with Crippen LogP contribution in [-0.4, -0.2) is 86.8 Å². The van der Waals surface area contributed by atoms with Gasteiger partial charge in [0.1, 0.15) is 28.6 Å². The van der Waals surface area contributed by atoms with Gasteiger partial charge < -0.3 is 15.0 Å². The van der Waals surface area contributed by atoms with E-state index in [9.17, 15) is 26.7 Å². The van der Waals surface area contributed by atoms with Gasteiger partial charge in [-0.3, -0.25) is 4.90 Å². The predicted octanol–water partition coefficient (Wildman–Crippen LogP) is 2.81. The molecule has 15 heteroatoms. The van der Waals surface area contributed by atoms with E-state index in [1.807, 2.05) is 4.90 Å². The molecule has 2 aliphatic heterocycles. The number of aliphatic hydroxyl groups is 1. The topological polar surface area (TPSA) is 116 Å². The van der Waals surface area contributed by atoms with E-state index in [4.69, 9.17) is 0 Å². The molecule has 2 saturated heterocycles. The third kappa shape index (κ3) is 6.11. The van der Waals surface area contributed by atoms with Crippen molar-refractivity contribution >= 4 is 16.0 Å². The molecule has 1 aromatic carbocycles. The second-order valence-corrected chi connectivity index (χ2v) is 12.2. The molecule has 0 bridgehead atoms. The fourth-order valence-electron chi connectivity index (χ4n) is 4.97. The lowest BCUT2D eigenvalue weighted by Crippen LogP contribution is -2.49. The Kier molecular flexibility index (Phi) is 7.58. The number of imidazole rings is 1. The number of anilines is 1. The number of aromatic nitrogens is 4.